The molecule has 148 valence electrons. The van der Waals surface area contributed by atoms with Crippen LogP contribution in [0.2, 0.25) is 0 Å². The lowest BCUT2D eigenvalue weighted by molar-refractivity contribution is 0.130. The van der Waals surface area contributed by atoms with Crippen LogP contribution in [0.1, 0.15) is 23.6 Å². The third-order valence-electron chi connectivity index (χ3n) is 4.55. The number of benzene rings is 3. The lowest BCUT2D eigenvalue weighted by Crippen LogP contribution is -2.01. The van der Waals surface area contributed by atoms with Gasteiger partial charge in [0.05, 0.1) is 12.8 Å². The van der Waals surface area contributed by atoms with Crippen LogP contribution in [0.15, 0.2) is 71.0 Å². The molecule has 0 amide bonds. The fourth-order valence-electron chi connectivity index (χ4n) is 2.91. The smallest absolute Gasteiger partial charge is 0.161 e. The number of rotatable bonds is 7. The minimum absolute atomic E-state index is 0.0323. The van der Waals surface area contributed by atoms with E-state index in [0.717, 1.165) is 27.8 Å². The molecule has 0 spiro atoms. The van der Waals surface area contributed by atoms with Gasteiger partial charge < -0.3 is 14.7 Å². The molecule has 3 rings (SSSR count). The molecule has 6 heteroatoms. The monoisotopic (exact) mass is 390 g/mol. The third-order valence-corrected chi connectivity index (χ3v) is 4.55. The molecule has 0 heterocycles. The van der Waals surface area contributed by atoms with Gasteiger partial charge in [-0.2, -0.15) is 0 Å². The summed E-state index contributed by atoms with van der Waals surface area (Å²) in [5.41, 5.74) is 5.61. The summed E-state index contributed by atoms with van der Waals surface area (Å²) in [5.74, 6) is 0.423. The topological polar surface area (TPSA) is 80.5 Å². The molecule has 0 aromatic heterocycles. The Balaban J connectivity index is 1.88. The van der Waals surface area contributed by atoms with E-state index in [-0.39, 0.29) is 12.4 Å². The summed E-state index contributed by atoms with van der Waals surface area (Å²) in [6.45, 7) is 4.09. The molecular formula is C23H22N2O4. The van der Waals surface area contributed by atoms with Crippen LogP contribution >= 0.6 is 0 Å². The van der Waals surface area contributed by atoms with Crippen molar-refractivity contribution in [2.45, 2.75) is 20.5 Å². The van der Waals surface area contributed by atoms with E-state index in [1.54, 1.807) is 36.4 Å². The van der Waals surface area contributed by atoms with Gasteiger partial charge in [0.25, 0.3) is 0 Å². The number of hydrogen-bond donors (Lipinski definition) is 1. The van der Waals surface area contributed by atoms with Crippen molar-refractivity contribution in [3.63, 3.8) is 0 Å². The highest BCUT2D eigenvalue weighted by molar-refractivity contribution is 6.05. The van der Waals surface area contributed by atoms with Crippen LogP contribution in [-0.4, -0.2) is 17.9 Å². The number of methoxy groups -OCH3 is 1. The van der Waals surface area contributed by atoms with Gasteiger partial charge in [0.15, 0.2) is 11.5 Å². The first-order valence-electron chi connectivity index (χ1n) is 9.09. The number of nitrogens with zero attached hydrogens (tertiary/aromatic N) is 2. The number of phenols is 1. The maximum absolute atomic E-state index is 10.5. The lowest BCUT2D eigenvalue weighted by Gasteiger charge is -2.13. The average Bonchev–Trinajstić information content (AvgIpc) is 2.74. The van der Waals surface area contributed by atoms with E-state index in [1.807, 2.05) is 38.1 Å². The van der Waals surface area contributed by atoms with Gasteiger partial charge in [-0.15, -0.1) is 4.91 Å². The number of phenolic OH excluding ortho intramolecular Hbond substituents is 1. The summed E-state index contributed by atoms with van der Waals surface area (Å²) >= 11 is 0. The molecule has 3 aromatic carbocycles. The third kappa shape index (κ3) is 4.79. The predicted molar refractivity (Wildman–Crippen MR) is 114 cm³/mol. The van der Waals surface area contributed by atoms with E-state index >= 15 is 0 Å². The van der Waals surface area contributed by atoms with Crippen LogP contribution in [-0.2, 0) is 11.4 Å². The maximum atomic E-state index is 10.5. The van der Waals surface area contributed by atoms with E-state index in [1.165, 1.54) is 7.11 Å². The van der Waals surface area contributed by atoms with Crippen molar-refractivity contribution in [1.29, 1.82) is 0 Å². The second-order valence-electron chi connectivity index (χ2n) is 6.64. The van der Waals surface area contributed by atoms with E-state index < -0.39 is 0 Å². The maximum Gasteiger partial charge on any atom is 0.161 e. The fourth-order valence-corrected chi connectivity index (χ4v) is 2.91. The first-order valence-corrected chi connectivity index (χ1v) is 9.09. The molecule has 0 atom stereocenters. The number of ether oxygens (including phenoxy) is 1. The van der Waals surface area contributed by atoms with E-state index in [2.05, 4.69) is 10.3 Å². The van der Waals surface area contributed by atoms with E-state index in [0.29, 0.717) is 17.1 Å². The highest BCUT2D eigenvalue weighted by Gasteiger charge is 2.14. The Hall–Kier alpha value is -3.67. The van der Waals surface area contributed by atoms with Crippen molar-refractivity contribution < 1.29 is 14.7 Å². The zero-order valence-corrected chi connectivity index (χ0v) is 16.5. The Morgan fingerprint density at radius 2 is 1.72 bits per heavy atom. The molecule has 0 aliphatic carbocycles. The normalized spacial score (nSPS) is 11.2. The minimum Gasteiger partial charge on any atom is -0.504 e. The van der Waals surface area contributed by atoms with Crippen molar-refractivity contribution in [3.8, 4) is 22.6 Å². The molecule has 0 radical (unpaired) electrons. The fraction of sp³-hybridized carbons (Fsp3) is 0.174. The summed E-state index contributed by atoms with van der Waals surface area (Å²) < 4.78 is 5.27. The van der Waals surface area contributed by atoms with Crippen LogP contribution in [0, 0.1) is 11.8 Å². The van der Waals surface area contributed by atoms with Gasteiger partial charge in [0.2, 0.25) is 0 Å². The van der Waals surface area contributed by atoms with Crippen molar-refractivity contribution >= 4 is 11.4 Å². The van der Waals surface area contributed by atoms with E-state index in [9.17, 15) is 10.0 Å². The molecule has 3 aromatic rings. The van der Waals surface area contributed by atoms with Gasteiger partial charge in [0.1, 0.15) is 12.3 Å². The molecule has 0 unspecified atom stereocenters. The SMILES string of the molecule is COc1cc(-c2ccc(C)cc2)c(/C(C)=N/OCc2ccc(N=O)cc2)cc1O. The first kappa shape index (κ1) is 20.1. The molecule has 29 heavy (non-hydrogen) atoms. The Morgan fingerprint density at radius 3 is 2.34 bits per heavy atom. The lowest BCUT2D eigenvalue weighted by atomic mass is 9.95. The van der Waals surface area contributed by atoms with E-state index in [4.69, 9.17) is 9.57 Å². The van der Waals surface area contributed by atoms with Crippen LogP contribution in [0.3, 0.4) is 0 Å². The largest absolute Gasteiger partial charge is 0.504 e. The Labute approximate surface area is 169 Å². The van der Waals surface area contributed by atoms with Gasteiger partial charge in [-0.05, 0) is 60.0 Å². The van der Waals surface area contributed by atoms with Crippen LogP contribution in [0.25, 0.3) is 11.1 Å². The zero-order valence-electron chi connectivity index (χ0n) is 16.5. The van der Waals surface area contributed by atoms with Gasteiger partial charge in [0, 0.05) is 5.56 Å². The molecule has 0 bridgehead atoms. The van der Waals surface area contributed by atoms with Crippen molar-refractivity contribution in [2.24, 2.45) is 10.3 Å². The zero-order chi connectivity index (χ0) is 20.8. The van der Waals surface area contributed by atoms with Gasteiger partial charge in [-0.1, -0.05) is 47.1 Å². The molecule has 6 nitrogen and oxygen atoms in total. The quantitative estimate of drug-likeness (QED) is 0.318. The summed E-state index contributed by atoms with van der Waals surface area (Å²) in [4.78, 5) is 16.0. The van der Waals surface area contributed by atoms with Crippen LogP contribution in [0.5, 0.6) is 11.5 Å². The number of oxime groups is 1. The van der Waals surface area contributed by atoms with Gasteiger partial charge >= 0.3 is 0 Å². The Kier molecular flexibility index (Phi) is 6.24. The van der Waals surface area contributed by atoms with Crippen molar-refractivity contribution in [3.05, 3.63) is 82.3 Å². The number of hydrogen-bond acceptors (Lipinski definition) is 6. The summed E-state index contributed by atoms with van der Waals surface area (Å²) in [5, 5.41) is 17.3. The predicted octanol–water partition coefficient (Wildman–Crippen LogP) is 5.71. The highest BCUT2D eigenvalue weighted by atomic mass is 16.6. The minimum atomic E-state index is 0.0323. The second-order valence-corrected chi connectivity index (χ2v) is 6.64. The van der Waals surface area contributed by atoms with Gasteiger partial charge in [-0.3, -0.25) is 0 Å². The highest BCUT2D eigenvalue weighted by Crippen LogP contribution is 2.35. The summed E-state index contributed by atoms with van der Waals surface area (Å²) in [6, 6.07) is 18.3. The first-order chi connectivity index (χ1) is 14.0. The summed E-state index contributed by atoms with van der Waals surface area (Å²) in [6.07, 6.45) is 0. The standard InChI is InChI=1S/C23H22N2O4/c1-15-4-8-18(9-5-15)21-13-23(28-3)22(26)12-20(21)16(2)25-29-14-17-6-10-19(24-27)11-7-17/h4-13,26H,14H2,1-3H3/b25-16+. The van der Waals surface area contributed by atoms with Crippen molar-refractivity contribution in [1.82, 2.24) is 0 Å². The van der Waals surface area contributed by atoms with Crippen LogP contribution in [0.4, 0.5) is 5.69 Å². The Morgan fingerprint density at radius 1 is 1.03 bits per heavy atom. The molecule has 0 aliphatic rings. The molecular weight excluding hydrogens is 368 g/mol. The van der Waals surface area contributed by atoms with Gasteiger partial charge in [-0.25, -0.2) is 0 Å². The number of aromatic hydroxyl groups is 1. The summed E-state index contributed by atoms with van der Waals surface area (Å²) in [7, 11) is 1.52. The van der Waals surface area contributed by atoms with Crippen molar-refractivity contribution in [2.75, 3.05) is 7.11 Å². The average molecular weight is 390 g/mol. The molecule has 0 aliphatic heterocycles. The molecule has 0 fully saturated rings. The number of nitroso groups, excluding NO2 is 1. The Bertz CT molecular complexity index is 1030. The second kappa shape index (κ2) is 9.01. The van der Waals surface area contributed by atoms with Crippen LogP contribution < -0.4 is 4.74 Å². The number of aryl methyl sites for hydroxylation is 1. The molecule has 0 saturated carbocycles. The molecule has 1 N–H and O–H groups in total. The molecule has 0 saturated heterocycles.